The molecule has 0 aromatic heterocycles. The maximum atomic E-state index is 3.34. The van der Waals surface area contributed by atoms with Gasteiger partial charge in [-0.2, -0.15) is 0 Å². The maximum Gasteiger partial charge on any atom is -0.00218 e. The third-order valence-corrected chi connectivity index (χ3v) is 3.54. The van der Waals surface area contributed by atoms with Crippen LogP contribution in [0, 0.1) is 5.41 Å². The van der Waals surface area contributed by atoms with Crippen LogP contribution in [0.25, 0.3) is 0 Å². The van der Waals surface area contributed by atoms with Gasteiger partial charge in [-0.15, -0.1) is 0 Å². The Morgan fingerprint density at radius 1 is 0.933 bits per heavy atom. The molecule has 2 heterocycles. The van der Waals surface area contributed by atoms with Gasteiger partial charge >= 0.3 is 0 Å². The van der Waals surface area contributed by atoms with Gasteiger partial charge < -0.3 is 10.2 Å². The van der Waals surface area contributed by atoms with Gasteiger partial charge in [0.05, 0.1) is 0 Å². The predicted molar refractivity (Wildman–Crippen MR) is 67.2 cm³/mol. The highest BCUT2D eigenvalue weighted by Crippen LogP contribution is 2.25. The molecule has 0 aromatic rings. The maximum absolute atomic E-state index is 3.34. The highest BCUT2D eigenvalue weighted by atomic mass is 15.1. The highest BCUT2D eigenvalue weighted by molar-refractivity contribution is 4.75. The summed E-state index contributed by atoms with van der Waals surface area (Å²) in [7, 11) is 2.19. The second-order valence-electron chi connectivity index (χ2n) is 5.78. The number of nitrogens with zero attached hydrogens (tertiary/aromatic N) is 1. The largest absolute Gasteiger partial charge is 0.317 e. The number of likely N-dealkylation sites (tertiary alicyclic amines) is 1. The zero-order valence-electron chi connectivity index (χ0n) is 10.8. The van der Waals surface area contributed by atoms with Crippen LogP contribution in [0.15, 0.2) is 0 Å². The molecular weight excluding hydrogens is 184 g/mol. The van der Waals surface area contributed by atoms with Crippen molar-refractivity contribution in [2.45, 2.75) is 46.0 Å². The van der Waals surface area contributed by atoms with E-state index in [9.17, 15) is 0 Å². The molecule has 2 aliphatic rings. The van der Waals surface area contributed by atoms with Crippen molar-refractivity contribution < 1.29 is 0 Å². The molecule has 0 aromatic carbocycles. The first kappa shape index (κ1) is 13.0. The standard InChI is InChI=1S/C7H15N.C6H13N/c1-7(2)3-5-8-6-4-7;1-7-5-3-2-4-6-7/h8H,3-6H2,1-2H3;2-6H2,1H3. The molecule has 0 atom stereocenters. The van der Waals surface area contributed by atoms with Gasteiger partial charge in [-0.1, -0.05) is 20.3 Å². The summed E-state index contributed by atoms with van der Waals surface area (Å²) < 4.78 is 0. The fourth-order valence-corrected chi connectivity index (χ4v) is 2.16. The van der Waals surface area contributed by atoms with E-state index in [1.807, 2.05) is 0 Å². The first-order valence-corrected chi connectivity index (χ1v) is 6.49. The lowest BCUT2D eigenvalue weighted by atomic mass is 9.83. The normalized spacial score (nSPS) is 26.6. The van der Waals surface area contributed by atoms with E-state index in [4.69, 9.17) is 0 Å². The minimum absolute atomic E-state index is 0.616. The molecular formula is C13H28N2. The van der Waals surface area contributed by atoms with Crippen LogP contribution in [-0.2, 0) is 0 Å². The highest BCUT2D eigenvalue weighted by Gasteiger charge is 2.19. The molecule has 0 saturated carbocycles. The van der Waals surface area contributed by atoms with Crippen molar-refractivity contribution in [2.75, 3.05) is 33.2 Å². The van der Waals surface area contributed by atoms with Gasteiger partial charge in [0.1, 0.15) is 0 Å². The van der Waals surface area contributed by atoms with Crippen molar-refractivity contribution >= 4 is 0 Å². The molecule has 0 aliphatic carbocycles. The number of hydrogen-bond donors (Lipinski definition) is 1. The minimum Gasteiger partial charge on any atom is -0.317 e. The Kier molecular flexibility index (Phi) is 5.62. The molecule has 0 amide bonds. The fraction of sp³-hybridized carbons (Fsp3) is 1.00. The van der Waals surface area contributed by atoms with E-state index in [1.165, 1.54) is 58.3 Å². The Morgan fingerprint density at radius 2 is 1.47 bits per heavy atom. The smallest absolute Gasteiger partial charge is 0.00218 e. The number of piperidine rings is 2. The lowest BCUT2D eigenvalue weighted by Gasteiger charge is -2.29. The summed E-state index contributed by atoms with van der Waals surface area (Å²) in [6.07, 6.45) is 6.96. The number of nitrogens with one attached hydrogen (secondary N) is 1. The fourth-order valence-electron chi connectivity index (χ4n) is 2.16. The first-order chi connectivity index (χ1) is 7.10. The van der Waals surface area contributed by atoms with E-state index in [2.05, 4.69) is 31.1 Å². The van der Waals surface area contributed by atoms with Crippen molar-refractivity contribution in [3.63, 3.8) is 0 Å². The van der Waals surface area contributed by atoms with Crippen molar-refractivity contribution in [1.29, 1.82) is 0 Å². The molecule has 0 bridgehead atoms. The summed E-state index contributed by atoms with van der Waals surface area (Å²) in [5, 5.41) is 3.34. The number of rotatable bonds is 0. The van der Waals surface area contributed by atoms with Gasteiger partial charge in [-0.3, -0.25) is 0 Å². The van der Waals surface area contributed by atoms with Crippen LogP contribution in [0.1, 0.15) is 46.0 Å². The molecule has 2 heteroatoms. The van der Waals surface area contributed by atoms with Crippen molar-refractivity contribution in [3.8, 4) is 0 Å². The number of hydrogen-bond acceptors (Lipinski definition) is 2. The van der Waals surface area contributed by atoms with Crippen molar-refractivity contribution in [1.82, 2.24) is 10.2 Å². The van der Waals surface area contributed by atoms with Crippen LogP contribution in [0.2, 0.25) is 0 Å². The predicted octanol–water partition coefficient (Wildman–Crippen LogP) is 2.50. The van der Waals surface area contributed by atoms with Crippen molar-refractivity contribution in [2.24, 2.45) is 5.41 Å². The van der Waals surface area contributed by atoms with E-state index >= 15 is 0 Å². The summed E-state index contributed by atoms with van der Waals surface area (Å²) in [5.41, 5.74) is 0.616. The summed E-state index contributed by atoms with van der Waals surface area (Å²) in [4.78, 5) is 2.39. The molecule has 2 fully saturated rings. The third-order valence-electron chi connectivity index (χ3n) is 3.54. The quantitative estimate of drug-likeness (QED) is 0.664. The summed E-state index contributed by atoms with van der Waals surface area (Å²) in [5.74, 6) is 0. The lowest BCUT2D eigenvalue weighted by Crippen LogP contribution is -2.32. The Bertz CT molecular complexity index is 152. The zero-order valence-corrected chi connectivity index (χ0v) is 10.8. The molecule has 1 N–H and O–H groups in total. The van der Waals surface area contributed by atoms with E-state index in [1.54, 1.807) is 0 Å². The second-order valence-corrected chi connectivity index (χ2v) is 5.78. The van der Waals surface area contributed by atoms with Gasteiger partial charge in [-0.25, -0.2) is 0 Å². The molecule has 2 nitrogen and oxygen atoms in total. The molecule has 2 rings (SSSR count). The van der Waals surface area contributed by atoms with Crippen LogP contribution in [0.4, 0.5) is 0 Å². The molecule has 90 valence electrons. The van der Waals surface area contributed by atoms with Gasteiger partial charge in [0.25, 0.3) is 0 Å². The average molecular weight is 212 g/mol. The molecule has 2 saturated heterocycles. The van der Waals surface area contributed by atoms with Gasteiger partial charge in [0.15, 0.2) is 0 Å². The minimum atomic E-state index is 0.616. The summed E-state index contributed by atoms with van der Waals surface area (Å²) in [6.45, 7) is 9.75. The Labute approximate surface area is 95.4 Å². The first-order valence-electron chi connectivity index (χ1n) is 6.49. The molecule has 2 aliphatic heterocycles. The molecule has 15 heavy (non-hydrogen) atoms. The van der Waals surface area contributed by atoms with Crippen LogP contribution in [0.5, 0.6) is 0 Å². The SMILES string of the molecule is CC1(C)CCNCC1.CN1CCCCC1. The Balaban J connectivity index is 0.000000151. The van der Waals surface area contributed by atoms with Gasteiger partial charge in [0, 0.05) is 0 Å². The molecule has 0 spiro atoms. The average Bonchev–Trinajstić information content (AvgIpc) is 2.19. The van der Waals surface area contributed by atoms with E-state index in [0.717, 1.165) is 0 Å². The van der Waals surface area contributed by atoms with E-state index < -0.39 is 0 Å². The topological polar surface area (TPSA) is 15.3 Å². The summed E-state index contributed by atoms with van der Waals surface area (Å²) >= 11 is 0. The van der Waals surface area contributed by atoms with E-state index in [-0.39, 0.29) is 0 Å². The van der Waals surface area contributed by atoms with Crippen LogP contribution in [0.3, 0.4) is 0 Å². The molecule has 0 unspecified atom stereocenters. The summed E-state index contributed by atoms with van der Waals surface area (Å²) in [6, 6.07) is 0. The third kappa shape index (κ3) is 6.16. The lowest BCUT2D eigenvalue weighted by molar-refractivity contribution is 0.259. The zero-order chi connectivity index (χ0) is 11.1. The Morgan fingerprint density at radius 3 is 1.73 bits per heavy atom. The second kappa shape index (κ2) is 6.49. The van der Waals surface area contributed by atoms with Crippen LogP contribution in [-0.4, -0.2) is 38.1 Å². The molecule has 0 radical (unpaired) electrons. The van der Waals surface area contributed by atoms with Crippen molar-refractivity contribution in [3.05, 3.63) is 0 Å². The monoisotopic (exact) mass is 212 g/mol. The van der Waals surface area contributed by atoms with E-state index in [0.29, 0.717) is 5.41 Å². The Hall–Kier alpha value is -0.0800. The van der Waals surface area contributed by atoms with Gasteiger partial charge in [-0.05, 0) is 64.3 Å². The van der Waals surface area contributed by atoms with Crippen LogP contribution >= 0.6 is 0 Å². The van der Waals surface area contributed by atoms with Gasteiger partial charge in [0.2, 0.25) is 0 Å². The van der Waals surface area contributed by atoms with Crippen LogP contribution < -0.4 is 5.32 Å².